The lowest BCUT2D eigenvalue weighted by Gasteiger charge is -2.26. The molecular formula is C15H20F3NO2. The number of hydrogen-bond donors (Lipinski definition) is 1. The van der Waals surface area contributed by atoms with E-state index in [0.717, 1.165) is 31.5 Å². The van der Waals surface area contributed by atoms with Gasteiger partial charge in [-0.25, -0.2) is 0 Å². The minimum atomic E-state index is -4.67. The van der Waals surface area contributed by atoms with Crippen LogP contribution in [0.5, 0.6) is 11.5 Å². The van der Waals surface area contributed by atoms with Gasteiger partial charge in [-0.05, 0) is 63.9 Å². The fraction of sp³-hybridized carbons (Fsp3) is 0.600. The Balaban J connectivity index is 2.28. The van der Waals surface area contributed by atoms with Gasteiger partial charge in [0, 0.05) is 5.56 Å². The van der Waals surface area contributed by atoms with Crippen molar-refractivity contribution in [1.29, 1.82) is 0 Å². The van der Waals surface area contributed by atoms with Gasteiger partial charge >= 0.3 is 6.36 Å². The molecule has 1 aliphatic rings. The lowest BCUT2D eigenvalue weighted by Crippen LogP contribution is -2.27. The maximum atomic E-state index is 12.4. The Labute approximate surface area is 122 Å². The summed E-state index contributed by atoms with van der Waals surface area (Å²) in [7, 11) is 0. The molecule has 0 unspecified atom stereocenters. The van der Waals surface area contributed by atoms with Gasteiger partial charge in [-0.15, -0.1) is 13.2 Å². The minimum absolute atomic E-state index is 0.0279. The molecule has 1 heterocycles. The van der Waals surface area contributed by atoms with Gasteiger partial charge in [0.2, 0.25) is 0 Å². The molecule has 2 rings (SSSR count). The molecule has 1 N–H and O–H groups in total. The zero-order valence-electron chi connectivity index (χ0n) is 12.2. The van der Waals surface area contributed by atoms with Crippen LogP contribution in [0, 0.1) is 0 Å². The lowest BCUT2D eigenvalue weighted by atomic mass is 9.89. The minimum Gasteiger partial charge on any atom is -0.491 e. The Bertz CT molecular complexity index is 468. The monoisotopic (exact) mass is 303 g/mol. The van der Waals surface area contributed by atoms with E-state index in [1.807, 2.05) is 13.8 Å². The molecule has 3 nitrogen and oxygen atoms in total. The molecule has 0 aromatic heterocycles. The molecule has 0 aliphatic carbocycles. The number of nitrogens with one attached hydrogen (secondary N) is 1. The average Bonchev–Trinajstić information content (AvgIpc) is 2.39. The SMILES string of the molecule is CC(C)Oc1ccc(OC(F)(F)F)cc1C1CCNCC1. The Morgan fingerprint density at radius 1 is 1.19 bits per heavy atom. The highest BCUT2D eigenvalue weighted by molar-refractivity contribution is 5.43. The summed E-state index contributed by atoms with van der Waals surface area (Å²) in [6.07, 6.45) is -2.94. The smallest absolute Gasteiger partial charge is 0.491 e. The summed E-state index contributed by atoms with van der Waals surface area (Å²) in [6.45, 7) is 5.50. The van der Waals surface area contributed by atoms with Crippen molar-refractivity contribution in [3.63, 3.8) is 0 Å². The Hall–Kier alpha value is -1.43. The number of ether oxygens (including phenoxy) is 2. The first kappa shape index (κ1) is 15.9. The zero-order chi connectivity index (χ0) is 15.5. The molecule has 118 valence electrons. The van der Waals surface area contributed by atoms with Gasteiger partial charge in [-0.3, -0.25) is 0 Å². The van der Waals surface area contributed by atoms with E-state index < -0.39 is 6.36 Å². The van der Waals surface area contributed by atoms with E-state index in [-0.39, 0.29) is 17.8 Å². The highest BCUT2D eigenvalue weighted by Gasteiger charge is 2.32. The van der Waals surface area contributed by atoms with Crippen LogP contribution in [0.2, 0.25) is 0 Å². The molecule has 0 amide bonds. The first-order valence-corrected chi connectivity index (χ1v) is 7.12. The van der Waals surface area contributed by atoms with Crippen molar-refractivity contribution >= 4 is 0 Å². The van der Waals surface area contributed by atoms with Crippen LogP contribution in [0.1, 0.15) is 38.2 Å². The van der Waals surface area contributed by atoms with E-state index in [9.17, 15) is 13.2 Å². The second kappa shape index (κ2) is 6.56. The van der Waals surface area contributed by atoms with Crippen LogP contribution in [0.15, 0.2) is 18.2 Å². The van der Waals surface area contributed by atoms with Crippen LogP contribution in [0.25, 0.3) is 0 Å². The molecule has 0 saturated carbocycles. The van der Waals surface area contributed by atoms with Gasteiger partial charge in [0.05, 0.1) is 6.10 Å². The first-order chi connectivity index (χ1) is 9.85. The van der Waals surface area contributed by atoms with E-state index in [4.69, 9.17) is 4.74 Å². The van der Waals surface area contributed by atoms with Crippen LogP contribution in [-0.4, -0.2) is 25.6 Å². The van der Waals surface area contributed by atoms with E-state index >= 15 is 0 Å². The van der Waals surface area contributed by atoms with Gasteiger partial charge in [0.1, 0.15) is 11.5 Å². The van der Waals surface area contributed by atoms with Crippen molar-refractivity contribution in [2.24, 2.45) is 0 Å². The summed E-state index contributed by atoms with van der Waals surface area (Å²) >= 11 is 0. The van der Waals surface area contributed by atoms with Crippen LogP contribution >= 0.6 is 0 Å². The Morgan fingerprint density at radius 3 is 2.43 bits per heavy atom. The maximum absolute atomic E-state index is 12.4. The van der Waals surface area contributed by atoms with E-state index in [2.05, 4.69) is 10.1 Å². The fourth-order valence-electron chi connectivity index (χ4n) is 2.54. The molecule has 1 saturated heterocycles. The molecule has 21 heavy (non-hydrogen) atoms. The van der Waals surface area contributed by atoms with Gasteiger partial charge in [-0.2, -0.15) is 0 Å². The average molecular weight is 303 g/mol. The third-order valence-electron chi connectivity index (χ3n) is 3.36. The summed E-state index contributed by atoms with van der Waals surface area (Å²) in [5, 5.41) is 3.25. The van der Waals surface area contributed by atoms with Crippen LogP contribution < -0.4 is 14.8 Å². The van der Waals surface area contributed by atoms with Crippen molar-refractivity contribution in [3.8, 4) is 11.5 Å². The van der Waals surface area contributed by atoms with E-state index in [1.165, 1.54) is 12.1 Å². The molecule has 0 spiro atoms. The quantitative estimate of drug-likeness (QED) is 0.916. The second-order valence-electron chi connectivity index (χ2n) is 5.44. The molecule has 6 heteroatoms. The lowest BCUT2D eigenvalue weighted by molar-refractivity contribution is -0.274. The van der Waals surface area contributed by atoms with Gasteiger partial charge in [0.15, 0.2) is 0 Å². The Kier molecular flexibility index (Phi) is 4.98. The fourth-order valence-corrected chi connectivity index (χ4v) is 2.54. The summed E-state index contributed by atoms with van der Waals surface area (Å²) in [6, 6.07) is 4.33. The van der Waals surface area contributed by atoms with Crippen LogP contribution in [0.3, 0.4) is 0 Å². The van der Waals surface area contributed by atoms with Crippen molar-refractivity contribution in [3.05, 3.63) is 23.8 Å². The number of benzene rings is 1. The first-order valence-electron chi connectivity index (χ1n) is 7.12. The van der Waals surface area contributed by atoms with Gasteiger partial charge < -0.3 is 14.8 Å². The summed E-state index contributed by atoms with van der Waals surface area (Å²) < 4.78 is 46.8. The van der Waals surface area contributed by atoms with E-state index in [1.54, 1.807) is 6.07 Å². The van der Waals surface area contributed by atoms with E-state index in [0.29, 0.717) is 5.75 Å². The molecule has 0 bridgehead atoms. The highest BCUT2D eigenvalue weighted by atomic mass is 19.4. The third kappa shape index (κ3) is 4.81. The summed E-state index contributed by atoms with van der Waals surface area (Å²) in [4.78, 5) is 0. The molecule has 1 aromatic rings. The van der Waals surface area contributed by atoms with Crippen LogP contribution in [-0.2, 0) is 0 Å². The van der Waals surface area contributed by atoms with Crippen molar-refractivity contribution in [2.75, 3.05) is 13.1 Å². The predicted octanol–water partition coefficient (Wildman–Crippen LogP) is 3.84. The standard InChI is InChI=1S/C15H20F3NO2/c1-10(2)20-14-4-3-12(21-15(16,17)18)9-13(14)11-5-7-19-8-6-11/h3-4,9-11,19H,5-8H2,1-2H3. The summed E-state index contributed by atoms with van der Waals surface area (Å²) in [5.41, 5.74) is 0.798. The van der Waals surface area contributed by atoms with Crippen molar-refractivity contribution in [2.45, 2.75) is 45.1 Å². The topological polar surface area (TPSA) is 30.5 Å². The predicted molar refractivity (Wildman–Crippen MR) is 73.7 cm³/mol. The molecular weight excluding hydrogens is 283 g/mol. The Morgan fingerprint density at radius 2 is 1.86 bits per heavy atom. The zero-order valence-corrected chi connectivity index (χ0v) is 12.2. The summed E-state index contributed by atoms with van der Waals surface area (Å²) in [5.74, 6) is 0.648. The highest BCUT2D eigenvalue weighted by Crippen LogP contribution is 2.37. The number of piperidine rings is 1. The molecule has 1 aliphatic heterocycles. The number of halogens is 3. The third-order valence-corrected chi connectivity index (χ3v) is 3.36. The van der Waals surface area contributed by atoms with Gasteiger partial charge in [0.25, 0.3) is 0 Å². The molecule has 0 radical (unpaired) electrons. The normalized spacial score (nSPS) is 17.0. The van der Waals surface area contributed by atoms with Crippen molar-refractivity contribution in [1.82, 2.24) is 5.32 Å². The number of alkyl halides is 3. The second-order valence-corrected chi connectivity index (χ2v) is 5.44. The van der Waals surface area contributed by atoms with Crippen LogP contribution in [0.4, 0.5) is 13.2 Å². The van der Waals surface area contributed by atoms with Crippen molar-refractivity contribution < 1.29 is 22.6 Å². The molecule has 1 fully saturated rings. The van der Waals surface area contributed by atoms with Gasteiger partial charge in [-0.1, -0.05) is 0 Å². The number of rotatable bonds is 4. The molecule has 0 atom stereocenters. The molecule has 1 aromatic carbocycles. The maximum Gasteiger partial charge on any atom is 0.573 e. The largest absolute Gasteiger partial charge is 0.573 e. The number of hydrogen-bond acceptors (Lipinski definition) is 3.